The Balaban J connectivity index is 3.04. The van der Waals surface area contributed by atoms with Gasteiger partial charge < -0.3 is 33.5 Å². The second-order valence-electron chi connectivity index (χ2n) is 5.11. The van der Waals surface area contributed by atoms with Crippen LogP contribution in [-0.2, 0) is 33.2 Å². The first kappa shape index (κ1) is 24.2. The van der Waals surface area contributed by atoms with Crippen molar-refractivity contribution in [3.8, 4) is 0 Å². The van der Waals surface area contributed by atoms with Crippen LogP contribution in [0.5, 0.6) is 0 Å². The van der Waals surface area contributed by atoms with Gasteiger partial charge in [-0.2, -0.15) is 0 Å². The molecule has 0 radical (unpaired) electrons. The first-order valence-electron chi connectivity index (χ1n) is 8.96. The van der Waals surface area contributed by atoms with Gasteiger partial charge in [-0.1, -0.05) is 13.3 Å². The van der Waals surface area contributed by atoms with Gasteiger partial charge in [0.25, 0.3) is 0 Å². The van der Waals surface area contributed by atoms with Crippen molar-refractivity contribution in [2.75, 3.05) is 79.3 Å². The molecule has 0 rings (SSSR count). The molecule has 0 amide bonds. The van der Waals surface area contributed by atoms with Gasteiger partial charge in [0, 0.05) is 6.42 Å². The van der Waals surface area contributed by atoms with Crippen molar-refractivity contribution in [1.82, 2.24) is 0 Å². The molecule has 0 spiro atoms. The van der Waals surface area contributed by atoms with E-state index in [0.29, 0.717) is 72.5 Å². The molecule has 0 heterocycles. The molecule has 0 aliphatic rings. The maximum atomic E-state index is 11.2. The lowest BCUT2D eigenvalue weighted by molar-refractivity contribution is -0.145. The molecule has 0 aliphatic heterocycles. The number of unbranched alkanes of at least 4 members (excludes halogenated alkanes) is 1. The predicted octanol–water partition coefficient (Wildman–Crippen LogP) is 0.795. The van der Waals surface area contributed by atoms with Crippen LogP contribution < -0.4 is 0 Å². The van der Waals surface area contributed by atoms with Crippen molar-refractivity contribution >= 4 is 5.97 Å². The first-order chi connectivity index (χ1) is 12.3. The molecule has 0 saturated carbocycles. The summed E-state index contributed by atoms with van der Waals surface area (Å²) in [4.78, 5) is 11.2. The smallest absolute Gasteiger partial charge is 0.305 e. The number of hydrogen-bond donors (Lipinski definition) is 1. The summed E-state index contributed by atoms with van der Waals surface area (Å²) < 4.78 is 31.3. The lowest BCUT2D eigenvalue weighted by Gasteiger charge is -2.08. The maximum Gasteiger partial charge on any atom is 0.305 e. The summed E-state index contributed by atoms with van der Waals surface area (Å²) in [7, 11) is 0. The zero-order valence-corrected chi connectivity index (χ0v) is 15.4. The van der Waals surface area contributed by atoms with Crippen LogP contribution >= 0.6 is 0 Å². The summed E-state index contributed by atoms with van der Waals surface area (Å²) in [5.41, 5.74) is 0. The minimum absolute atomic E-state index is 0.0284. The number of carbonyl (C=O) groups excluding carboxylic acids is 1. The summed E-state index contributed by atoms with van der Waals surface area (Å²) in [6.07, 6.45) is 2.32. The highest BCUT2D eigenvalue weighted by atomic mass is 16.6. The highest BCUT2D eigenvalue weighted by Gasteiger charge is 2.00. The topological polar surface area (TPSA) is 92.7 Å². The van der Waals surface area contributed by atoms with E-state index in [1.807, 2.05) is 6.92 Å². The van der Waals surface area contributed by atoms with Gasteiger partial charge in [-0.25, -0.2) is 0 Å². The van der Waals surface area contributed by atoms with Gasteiger partial charge in [0.2, 0.25) is 0 Å². The van der Waals surface area contributed by atoms with Gasteiger partial charge in [-0.3, -0.25) is 4.79 Å². The lowest BCUT2D eigenvalue weighted by Crippen LogP contribution is -2.15. The van der Waals surface area contributed by atoms with Crippen molar-refractivity contribution in [3.05, 3.63) is 0 Å². The van der Waals surface area contributed by atoms with E-state index < -0.39 is 0 Å². The average molecular weight is 366 g/mol. The molecule has 25 heavy (non-hydrogen) atoms. The summed E-state index contributed by atoms with van der Waals surface area (Å²) >= 11 is 0. The van der Waals surface area contributed by atoms with Crippen LogP contribution in [0.25, 0.3) is 0 Å². The van der Waals surface area contributed by atoms with Crippen LogP contribution in [-0.4, -0.2) is 90.4 Å². The Hall–Kier alpha value is -0.770. The van der Waals surface area contributed by atoms with Crippen LogP contribution in [0.1, 0.15) is 26.2 Å². The fourth-order valence-corrected chi connectivity index (χ4v) is 1.65. The Morgan fingerprint density at radius 3 is 1.48 bits per heavy atom. The van der Waals surface area contributed by atoms with Crippen LogP contribution in [0.3, 0.4) is 0 Å². The second-order valence-corrected chi connectivity index (χ2v) is 5.11. The van der Waals surface area contributed by atoms with Crippen LogP contribution in [0, 0.1) is 0 Å². The molecule has 0 saturated heterocycles. The first-order valence-corrected chi connectivity index (χ1v) is 8.96. The van der Waals surface area contributed by atoms with Gasteiger partial charge in [0.15, 0.2) is 0 Å². The molecule has 150 valence electrons. The van der Waals surface area contributed by atoms with E-state index in [2.05, 4.69) is 0 Å². The van der Waals surface area contributed by atoms with E-state index in [4.69, 9.17) is 33.5 Å². The minimum atomic E-state index is -0.166. The third-order valence-corrected chi connectivity index (χ3v) is 2.95. The number of esters is 1. The Morgan fingerprint density at radius 2 is 1.08 bits per heavy atom. The van der Waals surface area contributed by atoms with E-state index in [1.54, 1.807) is 0 Å². The highest BCUT2D eigenvalue weighted by molar-refractivity contribution is 5.69. The standard InChI is InChI=1S/C17H34O8/c1-2-3-4-17(19)25-16-15-24-14-13-23-12-11-22-10-9-21-8-7-20-6-5-18/h18H,2-16H2,1H3. The zero-order chi connectivity index (χ0) is 18.4. The fourth-order valence-electron chi connectivity index (χ4n) is 1.65. The fraction of sp³-hybridized carbons (Fsp3) is 0.941. The van der Waals surface area contributed by atoms with Crippen molar-refractivity contribution in [2.45, 2.75) is 26.2 Å². The molecule has 0 aromatic heterocycles. The predicted molar refractivity (Wildman–Crippen MR) is 91.7 cm³/mol. The van der Waals surface area contributed by atoms with Crippen LogP contribution in [0.4, 0.5) is 0 Å². The number of carbonyl (C=O) groups is 1. The molecule has 0 aromatic carbocycles. The molecule has 1 N–H and O–H groups in total. The molecule has 0 bridgehead atoms. The molecular weight excluding hydrogens is 332 g/mol. The molecule has 0 aromatic rings. The van der Waals surface area contributed by atoms with E-state index in [0.717, 1.165) is 12.8 Å². The number of aliphatic hydroxyl groups is 1. The van der Waals surface area contributed by atoms with Gasteiger partial charge in [-0.15, -0.1) is 0 Å². The summed E-state index contributed by atoms with van der Waals surface area (Å²) in [6.45, 7) is 6.98. The number of ether oxygens (including phenoxy) is 6. The third kappa shape index (κ3) is 21.2. The van der Waals surface area contributed by atoms with Gasteiger partial charge in [-0.05, 0) is 6.42 Å². The minimum Gasteiger partial charge on any atom is -0.463 e. The zero-order valence-electron chi connectivity index (χ0n) is 15.4. The summed E-state index contributed by atoms with van der Waals surface area (Å²) in [5, 5.41) is 8.50. The third-order valence-electron chi connectivity index (χ3n) is 2.95. The molecular formula is C17H34O8. The molecule has 0 aliphatic carbocycles. The Labute approximate surface area is 150 Å². The van der Waals surface area contributed by atoms with Crippen LogP contribution in [0.2, 0.25) is 0 Å². The normalized spacial score (nSPS) is 11.0. The van der Waals surface area contributed by atoms with Crippen molar-refractivity contribution in [1.29, 1.82) is 0 Å². The molecule has 0 unspecified atom stereocenters. The van der Waals surface area contributed by atoms with E-state index >= 15 is 0 Å². The number of hydrogen-bond acceptors (Lipinski definition) is 8. The Kier molecular flexibility index (Phi) is 20.6. The Bertz CT molecular complexity index is 275. The van der Waals surface area contributed by atoms with Gasteiger partial charge in [0.05, 0.1) is 72.7 Å². The SMILES string of the molecule is CCCCC(=O)OCCOCCOCCOCCOCCOCCO. The molecule has 8 nitrogen and oxygen atoms in total. The van der Waals surface area contributed by atoms with Gasteiger partial charge in [0.1, 0.15) is 6.61 Å². The maximum absolute atomic E-state index is 11.2. The van der Waals surface area contributed by atoms with Crippen LogP contribution in [0.15, 0.2) is 0 Å². The van der Waals surface area contributed by atoms with E-state index in [-0.39, 0.29) is 19.2 Å². The summed E-state index contributed by atoms with van der Waals surface area (Å²) in [5.74, 6) is -0.166. The quantitative estimate of drug-likeness (QED) is 0.250. The summed E-state index contributed by atoms with van der Waals surface area (Å²) in [6, 6.07) is 0. The van der Waals surface area contributed by atoms with E-state index in [9.17, 15) is 4.79 Å². The van der Waals surface area contributed by atoms with Crippen molar-refractivity contribution in [2.24, 2.45) is 0 Å². The monoisotopic (exact) mass is 366 g/mol. The average Bonchev–Trinajstić information content (AvgIpc) is 2.62. The largest absolute Gasteiger partial charge is 0.463 e. The molecule has 8 heteroatoms. The number of rotatable bonds is 20. The molecule has 0 fully saturated rings. The van der Waals surface area contributed by atoms with Crippen molar-refractivity contribution < 1.29 is 38.3 Å². The highest BCUT2D eigenvalue weighted by Crippen LogP contribution is 1.96. The molecule has 0 atom stereocenters. The van der Waals surface area contributed by atoms with Crippen molar-refractivity contribution in [3.63, 3.8) is 0 Å². The van der Waals surface area contributed by atoms with E-state index in [1.165, 1.54) is 0 Å². The number of aliphatic hydroxyl groups excluding tert-OH is 1. The second kappa shape index (κ2) is 21.3. The van der Waals surface area contributed by atoms with Gasteiger partial charge >= 0.3 is 5.97 Å². The lowest BCUT2D eigenvalue weighted by atomic mass is 10.2. The Morgan fingerprint density at radius 1 is 0.680 bits per heavy atom.